The van der Waals surface area contributed by atoms with Crippen LogP contribution in [0, 0.1) is 0 Å². The lowest BCUT2D eigenvalue weighted by molar-refractivity contribution is -0.146. The Morgan fingerprint density at radius 1 is 1.21 bits per heavy atom. The summed E-state index contributed by atoms with van der Waals surface area (Å²) in [6.45, 7) is 1.87. The molecule has 6 heteroatoms. The van der Waals surface area contributed by atoms with Gasteiger partial charge < -0.3 is 15.4 Å². The zero-order chi connectivity index (χ0) is 17.2. The second-order valence-electron chi connectivity index (χ2n) is 5.72. The average molecular weight is 345 g/mol. The molecule has 2 amide bonds. The fourth-order valence-corrected chi connectivity index (χ4v) is 2.58. The van der Waals surface area contributed by atoms with E-state index in [1.807, 2.05) is 12.1 Å². The molecule has 0 radical (unpaired) electrons. The van der Waals surface area contributed by atoms with Crippen molar-refractivity contribution in [2.75, 3.05) is 11.9 Å². The van der Waals surface area contributed by atoms with Crippen LogP contribution in [0.3, 0.4) is 0 Å². The summed E-state index contributed by atoms with van der Waals surface area (Å²) in [7, 11) is 0. The number of halogens is 1. The van der Waals surface area contributed by atoms with Crippen molar-refractivity contribution < 1.29 is 14.3 Å². The normalized spacial score (nSPS) is 19.0. The molecule has 2 aromatic rings. The number of benzene rings is 2. The van der Waals surface area contributed by atoms with Crippen LogP contribution in [0.5, 0.6) is 5.75 Å². The number of nitrogens with one attached hydrogen (secondary N) is 2. The molecule has 0 saturated carbocycles. The van der Waals surface area contributed by atoms with Gasteiger partial charge in [0, 0.05) is 11.6 Å². The van der Waals surface area contributed by atoms with Gasteiger partial charge in [-0.25, -0.2) is 0 Å². The van der Waals surface area contributed by atoms with Gasteiger partial charge in [-0.1, -0.05) is 35.9 Å². The number of rotatable bonds is 4. The van der Waals surface area contributed by atoms with Crippen LogP contribution in [0.25, 0.3) is 0 Å². The SMILES string of the molecule is C[C@@]1(C(=O)NCCc2ccc(Cl)cc2)Oc2ccccc2NC1=O. The number of carbonyl (C=O) groups excluding carboxylic acids is 2. The first-order valence-electron chi connectivity index (χ1n) is 7.61. The van der Waals surface area contributed by atoms with E-state index in [2.05, 4.69) is 10.6 Å². The summed E-state index contributed by atoms with van der Waals surface area (Å²) in [5.74, 6) is -0.471. The van der Waals surface area contributed by atoms with E-state index in [9.17, 15) is 9.59 Å². The van der Waals surface area contributed by atoms with Crippen molar-refractivity contribution in [1.29, 1.82) is 0 Å². The van der Waals surface area contributed by atoms with E-state index >= 15 is 0 Å². The third kappa shape index (κ3) is 3.21. The highest BCUT2D eigenvalue weighted by molar-refractivity contribution is 6.30. The number of hydrogen-bond donors (Lipinski definition) is 2. The number of amides is 2. The molecular weight excluding hydrogens is 328 g/mol. The van der Waals surface area contributed by atoms with Crippen LogP contribution < -0.4 is 15.4 Å². The summed E-state index contributed by atoms with van der Waals surface area (Å²) in [6.07, 6.45) is 0.636. The highest BCUT2D eigenvalue weighted by Crippen LogP contribution is 2.33. The van der Waals surface area contributed by atoms with Crippen LogP contribution >= 0.6 is 11.6 Å². The maximum Gasteiger partial charge on any atom is 0.278 e. The van der Waals surface area contributed by atoms with E-state index in [-0.39, 0.29) is 0 Å². The predicted octanol–water partition coefficient (Wildman–Crippen LogP) is 2.79. The van der Waals surface area contributed by atoms with Crippen LogP contribution in [-0.2, 0) is 16.0 Å². The Hall–Kier alpha value is -2.53. The first-order valence-corrected chi connectivity index (χ1v) is 7.99. The van der Waals surface area contributed by atoms with Crippen molar-refractivity contribution in [3.05, 3.63) is 59.1 Å². The van der Waals surface area contributed by atoms with E-state index in [1.165, 1.54) is 6.92 Å². The van der Waals surface area contributed by atoms with Crippen molar-refractivity contribution in [2.24, 2.45) is 0 Å². The molecule has 1 atom stereocenters. The van der Waals surface area contributed by atoms with Crippen molar-refractivity contribution in [2.45, 2.75) is 18.9 Å². The Morgan fingerprint density at radius 2 is 1.92 bits per heavy atom. The third-order valence-corrected chi connectivity index (χ3v) is 4.18. The van der Waals surface area contributed by atoms with Gasteiger partial charge in [0.2, 0.25) is 0 Å². The monoisotopic (exact) mass is 344 g/mol. The summed E-state index contributed by atoms with van der Waals surface area (Å²) in [5.41, 5.74) is 0.0205. The Labute approximate surface area is 145 Å². The molecule has 0 unspecified atom stereocenters. The van der Waals surface area contributed by atoms with Crippen molar-refractivity contribution in [3.8, 4) is 5.75 Å². The summed E-state index contributed by atoms with van der Waals surface area (Å²) in [4.78, 5) is 24.7. The zero-order valence-electron chi connectivity index (χ0n) is 13.1. The molecule has 0 spiro atoms. The Kier molecular flexibility index (Phi) is 4.44. The molecule has 124 valence electrons. The standard InChI is InChI=1S/C18H17ClN2O3/c1-18(17(23)21-14-4-2-3-5-15(14)24-18)16(22)20-11-10-12-6-8-13(19)9-7-12/h2-9H,10-11H2,1H3,(H,20,22)(H,21,23)/t18-/m0/s1. The molecule has 1 heterocycles. The molecule has 2 aromatic carbocycles. The average Bonchev–Trinajstić information content (AvgIpc) is 2.57. The maximum atomic E-state index is 12.5. The van der Waals surface area contributed by atoms with Crippen LogP contribution in [0.15, 0.2) is 48.5 Å². The molecule has 0 fully saturated rings. The highest BCUT2D eigenvalue weighted by Gasteiger charge is 2.46. The topological polar surface area (TPSA) is 67.4 Å². The summed E-state index contributed by atoms with van der Waals surface area (Å²) < 4.78 is 5.67. The first-order chi connectivity index (χ1) is 11.5. The fraction of sp³-hybridized carbons (Fsp3) is 0.222. The molecular formula is C18H17ClN2O3. The summed E-state index contributed by atoms with van der Waals surface area (Å²) in [5, 5.41) is 6.13. The second kappa shape index (κ2) is 6.53. The molecule has 24 heavy (non-hydrogen) atoms. The van der Waals surface area contributed by atoms with Gasteiger partial charge in [0.15, 0.2) is 0 Å². The minimum atomic E-state index is -1.59. The lowest BCUT2D eigenvalue weighted by atomic mass is 10.0. The lowest BCUT2D eigenvalue weighted by Crippen LogP contribution is -2.58. The van der Waals surface area contributed by atoms with E-state index in [0.717, 1.165) is 5.56 Å². The van der Waals surface area contributed by atoms with Gasteiger partial charge in [-0.15, -0.1) is 0 Å². The number of anilines is 1. The van der Waals surface area contributed by atoms with E-state index in [4.69, 9.17) is 16.3 Å². The first kappa shape index (κ1) is 16.3. The predicted molar refractivity (Wildman–Crippen MR) is 92.3 cm³/mol. The number of fused-ring (bicyclic) bond motifs is 1. The van der Waals surface area contributed by atoms with Gasteiger partial charge in [0.1, 0.15) is 5.75 Å². The molecule has 0 bridgehead atoms. The van der Waals surface area contributed by atoms with Crippen LogP contribution in [-0.4, -0.2) is 24.0 Å². The van der Waals surface area contributed by atoms with E-state index in [0.29, 0.717) is 29.4 Å². The zero-order valence-corrected chi connectivity index (χ0v) is 13.9. The van der Waals surface area contributed by atoms with Gasteiger partial charge in [0.05, 0.1) is 5.69 Å². The molecule has 0 aromatic heterocycles. The molecule has 1 aliphatic rings. The second-order valence-corrected chi connectivity index (χ2v) is 6.15. The molecule has 0 aliphatic carbocycles. The Balaban J connectivity index is 1.63. The number of carbonyl (C=O) groups is 2. The van der Waals surface area contributed by atoms with Crippen molar-refractivity contribution in [3.63, 3.8) is 0 Å². The third-order valence-electron chi connectivity index (χ3n) is 3.93. The number of para-hydroxylation sites is 2. The summed E-state index contributed by atoms with van der Waals surface area (Å²) >= 11 is 5.84. The van der Waals surface area contributed by atoms with Gasteiger partial charge in [-0.05, 0) is 43.2 Å². The highest BCUT2D eigenvalue weighted by atomic mass is 35.5. The van der Waals surface area contributed by atoms with E-state index < -0.39 is 17.4 Å². The lowest BCUT2D eigenvalue weighted by Gasteiger charge is -2.33. The van der Waals surface area contributed by atoms with Crippen molar-refractivity contribution >= 4 is 29.1 Å². The minimum absolute atomic E-state index is 0.397. The van der Waals surface area contributed by atoms with Crippen LogP contribution in [0.4, 0.5) is 5.69 Å². The minimum Gasteiger partial charge on any atom is -0.466 e. The largest absolute Gasteiger partial charge is 0.466 e. The molecule has 3 rings (SSSR count). The Bertz CT molecular complexity index is 776. The van der Waals surface area contributed by atoms with Gasteiger partial charge in [-0.3, -0.25) is 9.59 Å². The molecule has 2 N–H and O–H groups in total. The Morgan fingerprint density at radius 3 is 2.67 bits per heavy atom. The van der Waals surface area contributed by atoms with Crippen molar-refractivity contribution in [1.82, 2.24) is 5.32 Å². The molecule has 0 saturated heterocycles. The van der Waals surface area contributed by atoms with Crippen LogP contribution in [0.2, 0.25) is 5.02 Å². The molecule has 1 aliphatic heterocycles. The van der Waals surface area contributed by atoms with E-state index in [1.54, 1.807) is 36.4 Å². The quantitative estimate of drug-likeness (QED) is 0.838. The van der Waals surface area contributed by atoms with Gasteiger partial charge >= 0.3 is 0 Å². The number of ether oxygens (including phenoxy) is 1. The maximum absolute atomic E-state index is 12.5. The van der Waals surface area contributed by atoms with Gasteiger partial charge in [0.25, 0.3) is 17.4 Å². The smallest absolute Gasteiger partial charge is 0.278 e. The van der Waals surface area contributed by atoms with Gasteiger partial charge in [-0.2, -0.15) is 0 Å². The van der Waals surface area contributed by atoms with Crippen LogP contribution in [0.1, 0.15) is 12.5 Å². The number of hydrogen-bond acceptors (Lipinski definition) is 3. The summed E-state index contributed by atoms with van der Waals surface area (Å²) in [6, 6.07) is 14.4. The molecule has 5 nitrogen and oxygen atoms in total. The fourth-order valence-electron chi connectivity index (χ4n) is 2.46.